The average molecular weight is 408 g/mol. The lowest BCUT2D eigenvalue weighted by Gasteiger charge is -2.17. The van der Waals surface area contributed by atoms with Crippen LogP contribution >= 0.6 is 11.3 Å². The number of amides is 2. The summed E-state index contributed by atoms with van der Waals surface area (Å²) >= 11 is 1.44. The maximum absolute atomic E-state index is 12.6. The number of nitrogens with zero attached hydrogens (tertiary/aromatic N) is 1. The third-order valence-corrected chi connectivity index (χ3v) is 5.52. The molecule has 3 aromatic rings. The minimum Gasteiger partial charge on any atom is -0.493 e. The Labute approximate surface area is 172 Å². The Hall–Kier alpha value is -3.32. The molecule has 2 aromatic carbocycles. The molecule has 0 fully saturated rings. The molecule has 0 saturated heterocycles. The van der Waals surface area contributed by atoms with Crippen molar-refractivity contribution in [1.29, 1.82) is 0 Å². The highest BCUT2D eigenvalue weighted by Gasteiger charge is 2.26. The van der Waals surface area contributed by atoms with Crippen LogP contribution in [0.15, 0.2) is 60.0 Å². The average Bonchev–Trinajstić information content (AvgIpc) is 3.42. The number of thiophene rings is 1. The van der Waals surface area contributed by atoms with E-state index in [1.807, 2.05) is 41.8 Å². The van der Waals surface area contributed by atoms with Gasteiger partial charge in [0.15, 0.2) is 18.1 Å². The van der Waals surface area contributed by atoms with Crippen LogP contribution in [0.25, 0.3) is 0 Å². The third-order valence-electron chi connectivity index (χ3n) is 4.66. The van der Waals surface area contributed by atoms with E-state index in [1.165, 1.54) is 11.3 Å². The van der Waals surface area contributed by atoms with Crippen LogP contribution < -0.4 is 19.7 Å². The Bertz CT molecular complexity index is 1030. The predicted molar refractivity (Wildman–Crippen MR) is 113 cm³/mol. The van der Waals surface area contributed by atoms with Crippen molar-refractivity contribution in [3.05, 3.63) is 70.4 Å². The van der Waals surface area contributed by atoms with Crippen LogP contribution in [0.2, 0.25) is 0 Å². The van der Waals surface area contributed by atoms with E-state index >= 15 is 0 Å². The topological polar surface area (TPSA) is 67.9 Å². The van der Waals surface area contributed by atoms with Gasteiger partial charge in [-0.1, -0.05) is 18.2 Å². The zero-order valence-corrected chi connectivity index (χ0v) is 16.7. The third kappa shape index (κ3) is 4.09. The number of methoxy groups -OCH3 is 1. The minimum absolute atomic E-state index is 0.0146. The summed E-state index contributed by atoms with van der Waals surface area (Å²) in [6.45, 7) is 0.515. The Morgan fingerprint density at radius 2 is 1.93 bits per heavy atom. The maximum atomic E-state index is 12.6. The molecule has 2 heterocycles. The van der Waals surface area contributed by atoms with E-state index in [0.717, 1.165) is 22.5 Å². The molecule has 0 aliphatic carbocycles. The van der Waals surface area contributed by atoms with Crippen molar-refractivity contribution in [2.75, 3.05) is 30.5 Å². The summed E-state index contributed by atoms with van der Waals surface area (Å²) in [4.78, 5) is 27.4. The number of carbonyl (C=O) groups is 2. The molecule has 1 aromatic heterocycles. The monoisotopic (exact) mass is 408 g/mol. The highest BCUT2D eigenvalue weighted by Crippen LogP contribution is 2.32. The van der Waals surface area contributed by atoms with E-state index in [2.05, 4.69) is 5.32 Å². The summed E-state index contributed by atoms with van der Waals surface area (Å²) in [6.07, 6.45) is 0.758. The molecule has 1 aliphatic heterocycles. The first-order valence-electron chi connectivity index (χ1n) is 9.19. The van der Waals surface area contributed by atoms with E-state index in [0.29, 0.717) is 23.7 Å². The number of para-hydroxylation sites is 2. The number of fused-ring (bicyclic) bond motifs is 1. The zero-order valence-electron chi connectivity index (χ0n) is 15.9. The summed E-state index contributed by atoms with van der Waals surface area (Å²) in [5.74, 6) is 0.844. The first kappa shape index (κ1) is 19.0. The Kier molecular flexibility index (Phi) is 5.48. The normalized spacial score (nSPS) is 12.4. The molecule has 0 spiro atoms. The van der Waals surface area contributed by atoms with Crippen LogP contribution in [0.1, 0.15) is 15.2 Å². The fourth-order valence-electron chi connectivity index (χ4n) is 3.30. The molecule has 7 heteroatoms. The number of hydrogen-bond acceptors (Lipinski definition) is 5. The van der Waals surface area contributed by atoms with Gasteiger partial charge >= 0.3 is 0 Å². The van der Waals surface area contributed by atoms with Crippen molar-refractivity contribution in [2.24, 2.45) is 0 Å². The van der Waals surface area contributed by atoms with Crippen LogP contribution in [0, 0.1) is 0 Å². The molecule has 0 atom stereocenters. The lowest BCUT2D eigenvalue weighted by molar-refractivity contribution is -0.118. The van der Waals surface area contributed by atoms with Crippen molar-refractivity contribution < 1.29 is 19.1 Å². The molecule has 2 amide bonds. The van der Waals surface area contributed by atoms with Gasteiger partial charge < -0.3 is 19.7 Å². The molecular formula is C22H20N2O4S. The number of hydrogen-bond donors (Lipinski definition) is 1. The molecule has 0 saturated carbocycles. The molecule has 148 valence electrons. The molecule has 4 rings (SSSR count). The number of benzene rings is 2. The summed E-state index contributed by atoms with van der Waals surface area (Å²) in [5, 5.41) is 4.74. The molecule has 6 nitrogen and oxygen atoms in total. The van der Waals surface area contributed by atoms with E-state index in [-0.39, 0.29) is 18.4 Å². The van der Waals surface area contributed by atoms with Crippen molar-refractivity contribution in [1.82, 2.24) is 0 Å². The zero-order chi connectivity index (χ0) is 20.2. The van der Waals surface area contributed by atoms with Crippen LogP contribution in [-0.4, -0.2) is 32.1 Å². The van der Waals surface area contributed by atoms with E-state index in [4.69, 9.17) is 9.47 Å². The fourth-order valence-corrected chi connectivity index (χ4v) is 3.97. The van der Waals surface area contributed by atoms with E-state index in [1.54, 1.807) is 30.2 Å². The van der Waals surface area contributed by atoms with Crippen molar-refractivity contribution in [2.45, 2.75) is 6.42 Å². The summed E-state index contributed by atoms with van der Waals surface area (Å²) < 4.78 is 10.8. The second-order valence-electron chi connectivity index (χ2n) is 6.52. The van der Waals surface area contributed by atoms with Crippen LogP contribution in [0.5, 0.6) is 11.5 Å². The quantitative estimate of drug-likeness (QED) is 0.670. The molecule has 1 N–H and O–H groups in total. The molecular weight excluding hydrogens is 388 g/mol. The standard InChI is InChI=1S/C22H20N2O4S/c1-27-18-5-2-3-6-19(18)28-14-21(25)23-16-8-9-17-15(13-16)10-11-24(17)22(26)20-7-4-12-29-20/h2-9,12-13H,10-11,14H2,1H3,(H,23,25). The SMILES string of the molecule is COc1ccccc1OCC(=O)Nc1ccc2c(c1)CCN2C(=O)c1cccs1. The predicted octanol–water partition coefficient (Wildman–Crippen LogP) is 3.98. The molecule has 0 bridgehead atoms. The van der Waals surface area contributed by atoms with Crippen LogP contribution in [0.4, 0.5) is 11.4 Å². The van der Waals surface area contributed by atoms with E-state index in [9.17, 15) is 9.59 Å². The number of rotatable bonds is 6. The highest BCUT2D eigenvalue weighted by molar-refractivity contribution is 7.12. The summed E-state index contributed by atoms with van der Waals surface area (Å²) in [5.41, 5.74) is 2.62. The Morgan fingerprint density at radius 1 is 1.10 bits per heavy atom. The number of carbonyl (C=O) groups excluding carboxylic acids is 2. The van der Waals surface area contributed by atoms with Gasteiger partial charge in [0.05, 0.1) is 12.0 Å². The van der Waals surface area contributed by atoms with Gasteiger partial charge in [0.25, 0.3) is 11.8 Å². The molecule has 0 radical (unpaired) electrons. The first-order chi connectivity index (χ1) is 14.2. The van der Waals surface area contributed by atoms with Gasteiger partial charge in [-0.2, -0.15) is 0 Å². The van der Waals surface area contributed by atoms with Gasteiger partial charge in [0, 0.05) is 17.9 Å². The van der Waals surface area contributed by atoms with Gasteiger partial charge in [0.1, 0.15) is 0 Å². The Morgan fingerprint density at radius 3 is 2.69 bits per heavy atom. The summed E-state index contributed by atoms with van der Waals surface area (Å²) in [6, 6.07) is 16.5. The largest absolute Gasteiger partial charge is 0.493 e. The summed E-state index contributed by atoms with van der Waals surface area (Å²) in [7, 11) is 1.55. The highest BCUT2D eigenvalue weighted by atomic mass is 32.1. The molecule has 0 unspecified atom stereocenters. The first-order valence-corrected chi connectivity index (χ1v) is 10.1. The number of nitrogens with one attached hydrogen (secondary N) is 1. The van der Waals surface area contributed by atoms with Gasteiger partial charge in [0.2, 0.25) is 0 Å². The van der Waals surface area contributed by atoms with E-state index < -0.39 is 0 Å². The smallest absolute Gasteiger partial charge is 0.268 e. The molecule has 29 heavy (non-hydrogen) atoms. The van der Waals surface area contributed by atoms with Crippen molar-refractivity contribution >= 4 is 34.5 Å². The number of anilines is 2. The van der Waals surface area contributed by atoms with Gasteiger partial charge in [-0.3, -0.25) is 9.59 Å². The second-order valence-corrected chi connectivity index (χ2v) is 7.46. The van der Waals surface area contributed by atoms with Gasteiger partial charge in [-0.05, 0) is 53.8 Å². The lowest BCUT2D eigenvalue weighted by atomic mass is 10.1. The fraction of sp³-hybridized carbons (Fsp3) is 0.182. The van der Waals surface area contributed by atoms with Crippen LogP contribution in [-0.2, 0) is 11.2 Å². The van der Waals surface area contributed by atoms with Crippen molar-refractivity contribution in [3.63, 3.8) is 0 Å². The lowest BCUT2D eigenvalue weighted by Crippen LogP contribution is -2.28. The Balaban J connectivity index is 1.39. The number of ether oxygens (including phenoxy) is 2. The van der Waals surface area contributed by atoms with Crippen molar-refractivity contribution in [3.8, 4) is 11.5 Å². The minimum atomic E-state index is -0.264. The van der Waals surface area contributed by atoms with Crippen LogP contribution in [0.3, 0.4) is 0 Å². The molecule has 1 aliphatic rings. The van der Waals surface area contributed by atoms with Gasteiger partial charge in [-0.25, -0.2) is 0 Å². The second kappa shape index (κ2) is 8.36. The van der Waals surface area contributed by atoms with Gasteiger partial charge in [-0.15, -0.1) is 11.3 Å². The maximum Gasteiger partial charge on any atom is 0.268 e.